The topological polar surface area (TPSA) is 35.1 Å². The monoisotopic (exact) mass is 318 g/mol. The molecule has 118 valence electrons. The Bertz CT molecular complexity index is 1060. The van der Waals surface area contributed by atoms with Crippen molar-refractivity contribution >= 4 is 5.65 Å². The van der Waals surface area contributed by atoms with Crippen molar-refractivity contribution in [2.75, 3.05) is 0 Å². The first-order valence-electron chi connectivity index (χ1n) is 8.09. The lowest BCUT2D eigenvalue weighted by molar-refractivity contribution is 0.627. The molecule has 4 nitrogen and oxygen atoms in total. The van der Waals surface area contributed by atoms with Gasteiger partial charge in [0.1, 0.15) is 17.2 Å². The number of benzene rings is 1. The van der Waals surface area contributed by atoms with Crippen molar-refractivity contribution in [3.63, 3.8) is 0 Å². The van der Waals surface area contributed by atoms with Crippen molar-refractivity contribution < 1.29 is 4.39 Å². The van der Waals surface area contributed by atoms with Crippen molar-refractivity contribution in [2.45, 2.75) is 19.4 Å². The van der Waals surface area contributed by atoms with E-state index in [1.165, 1.54) is 11.8 Å². The van der Waals surface area contributed by atoms with Crippen molar-refractivity contribution in [3.8, 4) is 22.4 Å². The number of imidazole rings is 1. The zero-order chi connectivity index (χ0) is 16.1. The average Bonchev–Trinajstić information content (AvgIpc) is 3.30. The summed E-state index contributed by atoms with van der Waals surface area (Å²) in [5.74, 6) is -0.245. The third-order valence-electron chi connectivity index (χ3n) is 4.66. The van der Waals surface area contributed by atoms with E-state index in [2.05, 4.69) is 4.98 Å². The molecule has 0 atom stereocenters. The molecule has 3 aromatic heterocycles. The second kappa shape index (κ2) is 5.03. The predicted octanol–water partition coefficient (Wildman–Crippen LogP) is 3.95. The highest BCUT2D eigenvalue weighted by Gasteiger charge is 2.26. The van der Waals surface area contributed by atoms with Gasteiger partial charge in [-0.3, -0.25) is 4.68 Å². The Morgan fingerprint density at radius 3 is 2.79 bits per heavy atom. The molecule has 1 aliphatic rings. The van der Waals surface area contributed by atoms with Crippen LogP contribution in [0.1, 0.15) is 12.1 Å². The number of nitrogens with zero attached hydrogens (tertiary/aromatic N) is 4. The van der Waals surface area contributed by atoms with Gasteiger partial charge in [0.2, 0.25) is 0 Å². The molecule has 24 heavy (non-hydrogen) atoms. The molecule has 0 aliphatic carbocycles. The Morgan fingerprint density at radius 1 is 1.00 bits per heavy atom. The average molecular weight is 318 g/mol. The number of fused-ring (bicyclic) bond motifs is 2. The van der Waals surface area contributed by atoms with Gasteiger partial charge in [-0.1, -0.05) is 12.1 Å². The van der Waals surface area contributed by atoms with E-state index in [0.717, 1.165) is 36.2 Å². The number of hydrogen-bond donors (Lipinski definition) is 0. The van der Waals surface area contributed by atoms with Crippen LogP contribution in [-0.4, -0.2) is 19.2 Å². The van der Waals surface area contributed by atoms with E-state index in [9.17, 15) is 4.39 Å². The maximum Gasteiger partial charge on any atom is 0.144 e. The number of hydrogen-bond acceptors (Lipinski definition) is 2. The van der Waals surface area contributed by atoms with Gasteiger partial charge in [0, 0.05) is 47.5 Å². The van der Waals surface area contributed by atoms with Crippen molar-refractivity contribution in [2.24, 2.45) is 0 Å². The van der Waals surface area contributed by atoms with E-state index >= 15 is 0 Å². The maximum absolute atomic E-state index is 14.4. The molecule has 0 N–H and O–H groups in total. The smallest absolute Gasteiger partial charge is 0.144 e. The normalized spacial score (nSPS) is 13.5. The van der Waals surface area contributed by atoms with Gasteiger partial charge >= 0.3 is 0 Å². The number of rotatable bonds is 2. The first-order valence-corrected chi connectivity index (χ1v) is 8.09. The first-order chi connectivity index (χ1) is 11.8. The standard InChI is InChI=1S/C19H15FN4/c20-15-7-2-1-5-13(15)18-17(16-8-4-11-24(16)22-18)14-6-3-10-23-12-9-21-19(14)23/h1-3,5-7,9-10,12H,4,8,11H2. The van der Waals surface area contributed by atoms with Crippen LogP contribution in [0, 0.1) is 5.82 Å². The fourth-order valence-corrected chi connectivity index (χ4v) is 3.60. The van der Waals surface area contributed by atoms with E-state index in [4.69, 9.17) is 5.10 Å². The molecule has 0 amide bonds. The van der Waals surface area contributed by atoms with E-state index in [-0.39, 0.29) is 5.82 Å². The zero-order valence-electron chi connectivity index (χ0n) is 13.0. The second-order valence-corrected chi connectivity index (χ2v) is 6.06. The lowest BCUT2D eigenvalue weighted by atomic mass is 9.98. The van der Waals surface area contributed by atoms with Gasteiger partial charge in [-0.05, 0) is 37.1 Å². The molecule has 0 spiro atoms. The molecule has 1 aromatic carbocycles. The highest BCUT2D eigenvalue weighted by molar-refractivity contribution is 5.89. The summed E-state index contributed by atoms with van der Waals surface area (Å²) in [5.41, 5.74) is 5.31. The van der Waals surface area contributed by atoms with Gasteiger partial charge in [0.25, 0.3) is 0 Å². The fraction of sp³-hybridized carbons (Fsp3) is 0.158. The van der Waals surface area contributed by atoms with E-state index in [1.54, 1.807) is 18.3 Å². The zero-order valence-corrected chi connectivity index (χ0v) is 13.0. The third-order valence-corrected chi connectivity index (χ3v) is 4.66. The first kappa shape index (κ1) is 13.5. The second-order valence-electron chi connectivity index (χ2n) is 6.06. The maximum atomic E-state index is 14.4. The minimum absolute atomic E-state index is 0.245. The summed E-state index contributed by atoms with van der Waals surface area (Å²) in [6.45, 7) is 0.883. The minimum Gasteiger partial charge on any atom is -0.307 e. The van der Waals surface area contributed by atoms with Gasteiger partial charge in [-0.25, -0.2) is 9.37 Å². The largest absolute Gasteiger partial charge is 0.307 e. The summed E-state index contributed by atoms with van der Waals surface area (Å²) in [7, 11) is 0. The Morgan fingerprint density at radius 2 is 1.88 bits per heavy atom. The summed E-state index contributed by atoms with van der Waals surface area (Å²) in [5, 5.41) is 4.73. The van der Waals surface area contributed by atoms with E-state index in [1.807, 2.05) is 39.7 Å². The molecular formula is C19H15FN4. The Labute approximate surface area is 138 Å². The van der Waals surface area contributed by atoms with Crippen LogP contribution in [0.5, 0.6) is 0 Å². The Balaban J connectivity index is 1.85. The van der Waals surface area contributed by atoms with Crippen molar-refractivity contribution in [1.82, 2.24) is 19.2 Å². The summed E-state index contributed by atoms with van der Waals surface area (Å²) >= 11 is 0. The molecule has 0 saturated carbocycles. The van der Waals surface area contributed by atoms with Crippen LogP contribution in [0.4, 0.5) is 4.39 Å². The van der Waals surface area contributed by atoms with Crippen LogP contribution < -0.4 is 0 Å². The van der Waals surface area contributed by atoms with Crippen molar-refractivity contribution in [1.29, 1.82) is 0 Å². The van der Waals surface area contributed by atoms with Gasteiger partial charge in [-0.2, -0.15) is 5.10 Å². The predicted molar refractivity (Wildman–Crippen MR) is 90.1 cm³/mol. The Hall–Kier alpha value is -2.95. The van der Waals surface area contributed by atoms with Crippen molar-refractivity contribution in [3.05, 3.63) is 66.5 Å². The van der Waals surface area contributed by atoms with Gasteiger partial charge < -0.3 is 4.40 Å². The number of aromatic nitrogens is 4. The fourth-order valence-electron chi connectivity index (χ4n) is 3.60. The van der Waals surface area contributed by atoms with Gasteiger partial charge in [-0.15, -0.1) is 0 Å². The summed E-state index contributed by atoms with van der Waals surface area (Å²) in [6, 6.07) is 10.9. The molecule has 4 heterocycles. The van der Waals surface area contributed by atoms with Crippen LogP contribution in [-0.2, 0) is 13.0 Å². The number of pyridine rings is 1. The highest BCUT2D eigenvalue weighted by Crippen LogP contribution is 2.39. The molecule has 1 aliphatic heterocycles. The molecule has 0 radical (unpaired) electrons. The minimum atomic E-state index is -0.245. The SMILES string of the molecule is Fc1ccccc1-c1nn2c(c1-c1cccn3ccnc13)CCC2. The molecule has 5 heteroatoms. The van der Waals surface area contributed by atoms with Crippen LogP contribution in [0.2, 0.25) is 0 Å². The number of halogens is 1. The van der Waals surface area contributed by atoms with E-state index < -0.39 is 0 Å². The molecular weight excluding hydrogens is 303 g/mol. The van der Waals surface area contributed by atoms with Crippen LogP contribution in [0.25, 0.3) is 28.0 Å². The van der Waals surface area contributed by atoms with Crippen LogP contribution in [0.15, 0.2) is 55.0 Å². The van der Waals surface area contributed by atoms with E-state index in [0.29, 0.717) is 11.3 Å². The van der Waals surface area contributed by atoms with Crippen LogP contribution >= 0.6 is 0 Å². The third kappa shape index (κ3) is 1.84. The molecule has 0 unspecified atom stereocenters. The van der Waals surface area contributed by atoms with Gasteiger partial charge in [0.05, 0.1) is 0 Å². The quantitative estimate of drug-likeness (QED) is 0.561. The van der Waals surface area contributed by atoms with Crippen LogP contribution in [0.3, 0.4) is 0 Å². The summed E-state index contributed by atoms with van der Waals surface area (Å²) in [6.07, 6.45) is 7.71. The molecule has 0 fully saturated rings. The lowest BCUT2D eigenvalue weighted by Gasteiger charge is -2.08. The molecule has 5 rings (SSSR count). The molecule has 0 saturated heterocycles. The summed E-state index contributed by atoms with van der Waals surface area (Å²) in [4.78, 5) is 4.49. The number of aryl methyl sites for hydroxylation is 1. The van der Waals surface area contributed by atoms with Gasteiger partial charge in [0.15, 0.2) is 0 Å². The molecule has 0 bridgehead atoms. The highest BCUT2D eigenvalue weighted by atomic mass is 19.1. The molecule has 4 aromatic rings. The lowest BCUT2D eigenvalue weighted by Crippen LogP contribution is -1.94. The Kier molecular flexibility index (Phi) is 2.82. The summed E-state index contributed by atoms with van der Waals surface area (Å²) < 4.78 is 18.4.